The highest BCUT2D eigenvalue weighted by molar-refractivity contribution is 7.98. The molecule has 4 aromatic rings. The van der Waals surface area contributed by atoms with Gasteiger partial charge < -0.3 is 4.98 Å². The Morgan fingerprint density at radius 2 is 1.91 bits per heavy atom. The van der Waals surface area contributed by atoms with E-state index in [1.165, 1.54) is 5.56 Å². The van der Waals surface area contributed by atoms with E-state index in [0.29, 0.717) is 0 Å². The zero-order valence-electron chi connectivity index (χ0n) is 12.6. The molecule has 23 heavy (non-hydrogen) atoms. The molecule has 0 bridgehead atoms. The van der Waals surface area contributed by atoms with Gasteiger partial charge in [0.25, 0.3) is 0 Å². The molecule has 0 amide bonds. The maximum absolute atomic E-state index is 4.59. The molecule has 5 nitrogen and oxygen atoms in total. The Bertz CT molecular complexity index is 906. The molecule has 2 heterocycles. The lowest BCUT2D eigenvalue weighted by Crippen LogP contribution is -1.95. The average Bonchev–Trinajstić information content (AvgIpc) is 3.19. The van der Waals surface area contributed by atoms with Gasteiger partial charge in [-0.1, -0.05) is 41.6 Å². The summed E-state index contributed by atoms with van der Waals surface area (Å²) in [6.45, 7) is 2.08. The van der Waals surface area contributed by atoms with Crippen LogP contribution in [0, 0.1) is 6.92 Å². The van der Waals surface area contributed by atoms with E-state index >= 15 is 0 Å². The number of benzene rings is 2. The molecule has 0 aliphatic heterocycles. The zero-order valence-corrected chi connectivity index (χ0v) is 13.4. The van der Waals surface area contributed by atoms with Crippen LogP contribution in [-0.2, 0) is 5.75 Å². The number of nitrogens with one attached hydrogen (secondary N) is 1. The van der Waals surface area contributed by atoms with Crippen molar-refractivity contribution in [2.75, 3.05) is 0 Å². The largest absolute Gasteiger partial charge is 0.341 e. The van der Waals surface area contributed by atoms with Crippen molar-refractivity contribution in [2.24, 2.45) is 0 Å². The van der Waals surface area contributed by atoms with E-state index in [-0.39, 0.29) is 0 Å². The number of thioether (sulfide) groups is 1. The molecule has 0 spiro atoms. The van der Waals surface area contributed by atoms with Gasteiger partial charge in [-0.3, -0.25) is 4.57 Å². The number of imidazole rings is 1. The number of aromatic amines is 1. The van der Waals surface area contributed by atoms with Crippen LogP contribution in [0.15, 0.2) is 60.0 Å². The quantitative estimate of drug-likeness (QED) is 0.582. The Morgan fingerprint density at radius 3 is 2.74 bits per heavy atom. The van der Waals surface area contributed by atoms with Gasteiger partial charge in [0.2, 0.25) is 0 Å². The number of rotatable bonds is 4. The number of fused-ring (bicyclic) bond motifs is 1. The number of aryl methyl sites for hydroxylation is 1. The number of H-pyrrole nitrogens is 1. The lowest BCUT2D eigenvalue weighted by molar-refractivity contribution is 0.882. The summed E-state index contributed by atoms with van der Waals surface area (Å²) in [4.78, 5) is 7.93. The van der Waals surface area contributed by atoms with Crippen molar-refractivity contribution in [1.82, 2.24) is 24.7 Å². The van der Waals surface area contributed by atoms with Gasteiger partial charge in [-0.05, 0) is 31.2 Å². The molecule has 2 aromatic carbocycles. The molecule has 6 heteroatoms. The van der Waals surface area contributed by atoms with E-state index in [1.54, 1.807) is 18.1 Å². The van der Waals surface area contributed by atoms with Crippen LogP contribution in [0.5, 0.6) is 0 Å². The first kappa shape index (κ1) is 14.0. The third-order valence-corrected chi connectivity index (χ3v) is 4.56. The standard InChI is InChI=1S/C17H15N5S/c1-12-6-8-13(9-7-12)22-11-18-21-17(22)23-10-16-19-14-4-2-3-5-15(14)20-16/h2-9,11H,10H2,1H3,(H,19,20). The summed E-state index contributed by atoms with van der Waals surface area (Å²) < 4.78 is 1.99. The van der Waals surface area contributed by atoms with E-state index in [4.69, 9.17) is 0 Å². The topological polar surface area (TPSA) is 59.4 Å². The molecule has 0 radical (unpaired) electrons. The van der Waals surface area contributed by atoms with Gasteiger partial charge in [0.05, 0.1) is 16.8 Å². The summed E-state index contributed by atoms with van der Waals surface area (Å²) in [7, 11) is 0. The van der Waals surface area contributed by atoms with Gasteiger partial charge in [0.15, 0.2) is 5.16 Å². The highest BCUT2D eigenvalue weighted by atomic mass is 32.2. The fraction of sp³-hybridized carbons (Fsp3) is 0.118. The Kier molecular flexibility index (Phi) is 3.59. The van der Waals surface area contributed by atoms with Crippen LogP contribution in [0.3, 0.4) is 0 Å². The minimum Gasteiger partial charge on any atom is -0.341 e. The monoisotopic (exact) mass is 321 g/mol. The number of nitrogens with zero attached hydrogens (tertiary/aromatic N) is 4. The van der Waals surface area contributed by atoms with Crippen molar-refractivity contribution in [3.63, 3.8) is 0 Å². The summed E-state index contributed by atoms with van der Waals surface area (Å²) in [6.07, 6.45) is 1.74. The molecule has 0 aliphatic carbocycles. The SMILES string of the molecule is Cc1ccc(-n2cnnc2SCc2nc3ccccc3[nH]2)cc1. The van der Waals surface area contributed by atoms with Crippen LogP contribution in [0.25, 0.3) is 16.7 Å². The third kappa shape index (κ3) is 2.85. The average molecular weight is 321 g/mol. The first-order valence-electron chi connectivity index (χ1n) is 7.33. The number of hydrogen-bond acceptors (Lipinski definition) is 4. The Hall–Kier alpha value is -2.60. The lowest BCUT2D eigenvalue weighted by atomic mass is 10.2. The van der Waals surface area contributed by atoms with Crippen molar-refractivity contribution in [2.45, 2.75) is 17.8 Å². The van der Waals surface area contributed by atoms with Crippen LogP contribution in [-0.4, -0.2) is 24.7 Å². The van der Waals surface area contributed by atoms with Crippen LogP contribution >= 0.6 is 11.8 Å². The normalized spacial score (nSPS) is 11.2. The molecule has 2 aromatic heterocycles. The van der Waals surface area contributed by atoms with E-state index in [2.05, 4.69) is 51.4 Å². The molecule has 4 rings (SSSR count). The second-order valence-corrected chi connectivity index (χ2v) is 6.25. The highest BCUT2D eigenvalue weighted by Crippen LogP contribution is 2.23. The Labute approximate surface area is 137 Å². The molecular formula is C17H15N5S. The molecule has 1 N–H and O–H groups in total. The maximum Gasteiger partial charge on any atom is 0.196 e. The first-order valence-corrected chi connectivity index (χ1v) is 8.32. The third-order valence-electron chi connectivity index (χ3n) is 3.61. The van der Waals surface area contributed by atoms with Crippen LogP contribution in [0.2, 0.25) is 0 Å². The predicted molar refractivity (Wildman–Crippen MR) is 91.8 cm³/mol. The molecule has 0 saturated heterocycles. The van der Waals surface area contributed by atoms with Crippen LogP contribution < -0.4 is 0 Å². The summed E-state index contributed by atoms with van der Waals surface area (Å²) in [5.74, 6) is 1.66. The molecular weight excluding hydrogens is 306 g/mol. The Morgan fingerprint density at radius 1 is 1.09 bits per heavy atom. The van der Waals surface area contributed by atoms with Gasteiger partial charge >= 0.3 is 0 Å². The van der Waals surface area contributed by atoms with Gasteiger partial charge in [-0.15, -0.1) is 10.2 Å². The fourth-order valence-corrected chi connectivity index (χ4v) is 3.21. The van der Waals surface area contributed by atoms with Gasteiger partial charge in [0, 0.05) is 5.69 Å². The van der Waals surface area contributed by atoms with Crippen molar-refractivity contribution in [1.29, 1.82) is 0 Å². The number of hydrogen-bond donors (Lipinski definition) is 1. The van der Waals surface area contributed by atoms with Crippen molar-refractivity contribution < 1.29 is 0 Å². The second kappa shape index (κ2) is 5.89. The zero-order chi connectivity index (χ0) is 15.6. The number of aromatic nitrogens is 5. The fourth-order valence-electron chi connectivity index (χ4n) is 2.41. The molecule has 0 saturated carbocycles. The second-order valence-electron chi connectivity index (χ2n) is 5.31. The molecule has 0 fully saturated rings. The van der Waals surface area contributed by atoms with E-state index in [9.17, 15) is 0 Å². The summed E-state index contributed by atoms with van der Waals surface area (Å²) in [6, 6.07) is 16.4. The van der Waals surface area contributed by atoms with Crippen molar-refractivity contribution in [3.05, 3.63) is 66.2 Å². The Balaban J connectivity index is 1.55. The van der Waals surface area contributed by atoms with E-state index in [1.807, 2.05) is 28.8 Å². The molecule has 0 atom stereocenters. The van der Waals surface area contributed by atoms with Crippen LogP contribution in [0.1, 0.15) is 11.4 Å². The van der Waals surface area contributed by atoms with E-state index in [0.717, 1.165) is 33.5 Å². The minimum absolute atomic E-state index is 0.721. The highest BCUT2D eigenvalue weighted by Gasteiger charge is 2.09. The lowest BCUT2D eigenvalue weighted by Gasteiger charge is -2.05. The number of para-hydroxylation sites is 2. The van der Waals surface area contributed by atoms with Gasteiger partial charge in [0.1, 0.15) is 12.2 Å². The van der Waals surface area contributed by atoms with E-state index < -0.39 is 0 Å². The molecule has 114 valence electrons. The first-order chi connectivity index (χ1) is 11.3. The van der Waals surface area contributed by atoms with Crippen molar-refractivity contribution >= 4 is 22.8 Å². The predicted octanol–water partition coefficient (Wildman–Crippen LogP) is 3.74. The molecule has 0 aliphatic rings. The smallest absolute Gasteiger partial charge is 0.196 e. The minimum atomic E-state index is 0.721. The van der Waals surface area contributed by atoms with Crippen LogP contribution in [0.4, 0.5) is 0 Å². The van der Waals surface area contributed by atoms with Crippen molar-refractivity contribution in [3.8, 4) is 5.69 Å². The van der Waals surface area contributed by atoms with Gasteiger partial charge in [-0.25, -0.2) is 4.98 Å². The summed E-state index contributed by atoms with van der Waals surface area (Å²) in [5, 5.41) is 9.11. The molecule has 0 unspecified atom stereocenters. The maximum atomic E-state index is 4.59. The van der Waals surface area contributed by atoms with Gasteiger partial charge in [-0.2, -0.15) is 0 Å². The summed E-state index contributed by atoms with van der Waals surface area (Å²) in [5.41, 5.74) is 4.34. The summed E-state index contributed by atoms with van der Waals surface area (Å²) >= 11 is 1.62.